The van der Waals surface area contributed by atoms with Crippen LogP contribution in [0, 0.1) is 5.41 Å². The second kappa shape index (κ2) is 8.63. The zero-order valence-electron chi connectivity index (χ0n) is 13.7. The molecule has 0 bridgehead atoms. The van der Waals surface area contributed by atoms with E-state index in [1.54, 1.807) is 12.1 Å². The Hall–Kier alpha value is -1.15. The summed E-state index contributed by atoms with van der Waals surface area (Å²) >= 11 is 0. The van der Waals surface area contributed by atoms with Crippen LogP contribution in [0.2, 0.25) is 0 Å². The molecule has 1 rings (SSSR count). The van der Waals surface area contributed by atoms with Crippen molar-refractivity contribution in [2.75, 3.05) is 6.54 Å². The van der Waals surface area contributed by atoms with Crippen molar-refractivity contribution in [3.05, 3.63) is 29.8 Å². The average Bonchev–Trinajstić information content (AvgIpc) is 2.49. The lowest BCUT2D eigenvalue weighted by Crippen LogP contribution is -2.46. The summed E-state index contributed by atoms with van der Waals surface area (Å²) in [6, 6.07) is 5.91. The number of nitrogens with one attached hydrogen (secondary N) is 1. The van der Waals surface area contributed by atoms with Gasteiger partial charge in [-0.3, -0.25) is 4.79 Å². The van der Waals surface area contributed by atoms with Gasteiger partial charge in [0.05, 0.1) is 16.4 Å². The maximum atomic E-state index is 12.5. The highest BCUT2D eigenvalue weighted by molar-refractivity contribution is 7.89. The van der Waals surface area contributed by atoms with Gasteiger partial charge in [-0.15, -0.1) is 12.4 Å². The molecule has 8 heteroatoms. The number of rotatable bonds is 7. The summed E-state index contributed by atoms with van der Waals surface area (Å²) in [7, 11) is -3.71. The standard InChI is InChI=1S/C15H25N3O3S.ClH/c1-4-15(5-2,10-16)14(19)18-11(3)12-6-8-13(9-7-12)22(17,20)21;/h6-9,11H,4-5,10,16H2,1-3H3,(H,18,19)(H2,17,20,21);1H. The van der Waals surface area contributed by atoms with Gasteiger partial charge >= 0.3 is 0 Å². The molecule has 1 aromatic carbocycles. The number of amides is 1. The third kappa shape index (κ3) is 5.17. The minimum Gasteiger partial charge on any atom is -0.349 e. The van der Waals surface area contributed by atoms with Gasteiger partial charge in [-0.05, 0) is 37.5 Å². The third-order valence-electron chi connectivity index (χ3n) is 4.28. The van der Waals surface area contributed by atoms with Crippen LogP contribution in [0.15, 0.2) is 29.2 Å². The van der Waals surface area contributed by atoms with E-state index in [0.717, 1.165) is 5.56 Å². The first-order valence-electron chi connectivity index (χ1n) is 7.34. The molecule has 6 nitrogen and oxygen atoms in total. The van der Waals surface area contributed by atoms with Gasteiger partial charge < -0.3 is 11.1 Å². The normalized spacial score (nSPS) is 13.1. The fourth-order valence-corrected chi connectivity index (χ4v) is 2.85. The zero-order chi connectivity index (χ0) is 17.0. The number of carbonyl (C=O) groups excluding carboxylic acids is 1. The molecular formula is C15H26ClN3O3S. The van der Waals surface area contributed by atoms with Crippen LogP contribution in [0.5, 0.6) is 0 Å². The molecule has 0 aromatic heterocycles. The van der Waals surface area contributed by atoms with Crippen LogP contribution < -0.4 is 16.2 Å². The van der Waals surface area contributed by atoms with E-state index in [0.29, 0.717) is 19.4 Å². The maximum Gasteiger partial charge on any atom is 0.238 e. The summed E-state index contributed by atoms with van der Waals surface area (Å²) in [5.41, 5.74) is 6.01. The van der Waals surface area contributed by atoms with Crippen LogP contribution in [0.3, 0.4) is 0 Å². The van der Waals surface area contributed by atoms with Crippen LogP contribution in [-0.4, -0.2) is 20.9 Å². The monoisotopic (exact) mass is 363 g/mol. The summed E-state index contributed by atoms with van der Waals surface area (Å²) in [4.78, 5) is 12.5. The second-order valence-corrected chi connectivity index (χ2v) is 7.06. The summed E-state index contributed by atoms with van der Waals surface area (Å²) < 4.78 is 22.5. The van der Waals surface area contributed by atoms with Crippen LogP contribution in [0.1, 0.15) is 45.2 Å². The number of hydrogen-bond acceptors (Lipinski definition) is 4. The molecule has 1 aromatic rings. The predicted octanol–water partition coefficient (Wildman–Crippen LogP) is 1.70. The van der Waals surface area contributed by atoms with Gasteiger partial charge in [0, 0.05) is 6.54 Å². The molecule has 1 amide bonds. The Balaban J connectivity index is 0.00000484. The molecule has 0 radical (unpaired) electrons. The van der Waals surface area contributed by atoms with E-state index in [2.05, 4.69) is 5.32 Å². The van der Waals surface area contributed by atoms with Gasteiger partial charge in [0.1, 0.15) is 0 Å². The lowest BCUT2D eigenvalue weighted by Gasteiger charge is -2.30. The van der Waals surface area contributed by atoms with E-state index in [-0.39, 0.29) is 29.3 Å². The summed E-state index contributed by atoms with van der Waals surface area (Å²) in [5, 5.41) is 8.01. The SMILES string of the molecule is CCC(CC)(CN)C(=O)NC(C)c1ccc(S(N)(=O)=O)cc1.Cl. The molecule has 0 heterocycles. The van der Waals surface area contributed by atoms with E-state index in [9.17, 15) is 13.2 Å². The van der Waals surface area contributed by atoms with Crippen LogP contribution in [0.25, 0.3) is 0 Å². The molecule has 0 saturated carbocycles. The Morgan fingerprint density at radius 1 is 1.22 bits per heavy atom. The van der Waals surface area contributed by atoms with Gasteiger partial charge in [-0.2, -0.15) is 0 Å². The van der Waals surface area contributed by atoms with Gasteiger partial charge in [0.25, 0.3) is 0 Å². The van der Waals surface area contributed by atoms with Crippen molar-refractivity contribution in [1.82, 2.24) is 5.32 Å². The molecule has 1 unspecified atom stereocenters. The first-order valence-corrected chi connectivity index (χ1v) is 8.88. The highest BCUT2D eigenvalue weighted by atomic mass is 35.5. The van der Waals surface area contributed by atoms with Crippen LogP contribution in [0.4, 0.5) is 0 Å². The molecule has 132 valence electrons. The molecule has 0 aliphatic carbocycles. The number of sulfonamides is 1. The highest BCUT2D eigenvalue weighted by Crippen LogP contribution is 2.26. The van der Waals surface area contributed by atoms with Crippen molar-refractivity contribution >= 4 is 28.3 Å². The topological polar surface area (TPSA) is 115 Å². The molecule has 0 aliphatic heterocycles. The average molecular weight is 364 g/mol. The molecule has 0 aliphatic rings. The van der Waals surface area contributed by atoms with Crippen molar-refractivity contribution in [1.29, 1.82) is 0 Å². The Morgan fingerprint density at radius 3 is 2.04 bits per heavy atom. The number of benzene rings is 1. The fraction of sp³-hybridized carbons (Fsp3) is 0.533. The summed E-state index contributed by atoms with van der Waals surface area (Å²) in [6.07, 6.45) is 1.34. The number of primary sulfonamides is 1. The number of hydrogen-bond donors (Lipinski definition) is 3. The van der Waals surface area contributed by atoms with Gasteiger partial charge in [-0.25, -0.2) is 13.6 Å². The molecule has 0 spiro atoms. The van der Waals surface area contributed by atoms with Crippen LogP contribution >= 0.6 is 12.4 Å². The van der Waals surface area contributed by atoms with E-state index in [1.807, 2.05) is 20.8 Å². The molecule has 0 fully saturated rings. The van der Waals surface area contributed by atoms with E-state index in [1.165, 1.54) is 12.1 Å². The predicted molar refractivity (Wildman–Crippen MR) is 93.7 cm³/mol. The lowest BCUT2D eigenvalue weighted by molar-refractivity contribution is -0.131. The summed E-state index contributed by atoms with van der Waals surface area (Å²) in [6.45, 7) is 6.03. The van der Waals surface area contributed by atoms with Crippen molar-refractivity contribution in [3.8, 4) is 0 Å². The van der Waals surface area contributed by atoms with Gasteiger partial charge in [0.15, 0.2) is 0 Å². The van der Waals surface area contributed by atoms with E-state index in [4.69, 9.17) is 10.9 Å². The van der Waals surface area contributed by atoms with Crippen LogP contribution in [-0.2, 0) is 14.8 Å². The van der Waals surface area contributed by atoms with Gasteiger partial charge in [-0.1, -0.05) is 26.0 Å². The van der Waals surface area contributed by atoms with Crippen molar-refractivity contribution in [2.45, 2.75) is 44.6 Å². The van der Waals surface area contributed by atoms with Crippen molar-refractivity contribution in [2.24, 2.45) is 16.3 Å². The third-order valence-corrected chi connectivity index (χ3v) is 5.21. The number of carbonyl (C=O) groups is 1. The zero-order valence-corrected chi connectivity index (χ0v) is 15.3. The molecular weight excluding hydrogens is 338 g/mol. The Labute approximate surface area is 144 Å². The van der Waals surface area contributed by atoms with E-state index >= 15 is 0 Å². The van der Waals surface area contributed by atoms with Gasteiger partial charge in [0.2, 0.25) is 15.9 Å². The lowest BCUT2D eigenvalue weighted by atomic mass is 9.81. The minimum atomic E-state index is -3.71. The highest BCUT2D eigenvalue weighted by Gasteiger charge is 2.34. The Bertz CT molecular complexity index is 605. The maximum absolute atomic E-state index is 12.5. The molecule has 1 atom stereocenters. The largest absolute Gasteiger partial charge is 0.349 e. The molecule has 5 N–H and O–H groups in total. The Kier molecular flexibility index (Phi) is 8.20. The first-order chi connectivity index (χ1) is 10.2. The first kappa shape index (κ1) is 21.9. The number of halogens is 1. The van der Waals surface area contributed by atoms with E-state index < -0.39 is 15.4 Å². The van der Waals surface area contributed by atoms with Crippen molar-refractivity contribution < 1.29 is 13.2 Å². The van der Waals surface area contributed by atoms with Crippen molar-refractivity contribution in [3.63, 3.8) is 0 Å². The summed E-state index contributed by atoms with van der Waals surface area (Å²) in [5.74, 6) is -0.0805. The Morgan fingerprint density at radius 2 is 1.70 bits per heavy atom. The smallest absolute Gasteiger partial charge is 0.238 e. The minimum absolute atomic E-state index is 0. The molecule has 0 saturated heterocycles. The second-order valence-electron chi connectivity index (χ2n) is 5.50. The quantitative estimate of drug-likeness (QED) is 0.683. The number of nitrogens with two attached hydrogens (primary N) is 2. The fourth-order valence-electron chi connectivity index (χ4n) is 2.33. The molecule has 23 heavy (non-hydrogen) atoms.